The van der Waals surface area contributed by atoms with Gasteiger partial charge in [-0.05, 0) is 88.9 Å². The second kappa shape index (κ2) is 20.9. The molecule has 2 aromatic heterocycles. The summed E-state index contributed by atoms with van der Waals surface area (Å²) in [5, 5.41) is 37.6. The van der Waals surface area contributed by atoms with Crippen LogP contribution in [-0.4, -0.2) is 113 Å². The summed E-state index contributed by atoms with van der Waals surface area (Å²) in [5.74, 6) is 1.48. The molecule has 338 valence electrons. The van der Waals surface area contributed by atoms with E-state index < -0.39 is 18.1 Å². The number of benzene rings is 4. The fraction of sp³-hybridized carbons (Fsp3) is 0.347. The van der Waals surface area contributed by atoms with Crippen molar-refractivity contribution in [2.45, 2.75) is 44.9 Å². The Kier molecular flexibility index (Phi) is 14.7. The zero-order valence-corrected chi connectivity index (χ0v) is 38.6. The van der Waals surface area contributed by atoms with Crippen LogP contribution in [0.1, 0.15) is 43.1 Å². The molecule has 65 heavy (non-hydrogen) atoms. The third-order valence-corrected chi connectivity index (χ3v) is 13.4. The minimum atomic E-state index is -0.835. The predicted octanol–water partition coefficient (Wildman–Crippen LogP) is 7.78. The van der Waals surface area contributed by atoms with Crippen LogP contribution in [0.4, 0.5) is 0 Å². The van der Waals surface area contributed by atoms with Gasteiger partial charge in [0.05, 0.1) is 22.6 Å². The third kappa shape index (κ3) is 11.3. The van der Waals surface area contributed by atoms with Crippen molar-refractivity contribution in [1.29, 1.82) is 5.26 Å². The van der Waals surface area contributed by atoms with Gasteiger partial charge < -0.3 is 39.2 Å². The average Bonchev–Trinajstić information content (AvgIpc) is 4.04. The lowest BCUT2D eigenvalue weighted by molar-refractivity contribution is -0.141. The maximum atomic E-state index is 14.0. The highest BCUT2D eigenvalue weighted by molar-refractivity contribution is 9.10. The number of hydrogen-bond donors (Lipinski definition) is 3. The van der Waals surface area contributed by atoms with Crippen molar-refractivity contribution < 1.29 is 38.5 Å². The molecule has 0 bridgehead atoms. The number of phenolic OH excluding ortho intramolecular Hbond substituents is 1. The molecule has 0 spiro atoms. The highest BCUT2D eigenvalue weighted by atomic mass is 79.9. The summed E-state index contributed by atoms with van der Waals surface area (Å²) in [6.45, 7) is 10.1. The summed E-state index contributed by atoms with van der Waals surface area (Å²) in [4.78, 5) is 34.4. The summed E-state index contributed by atoms with van der Waals surface area (Å²) in [7, 11) is 0. The van der Waals surface area contributed by atoms with Gasteiger partial charge in [-0.15, -0.1) is 11.3 Å². The SMILES string of the molecule is CC(C)C(C(=O)N1C[C@H](O)C[C@H]1C(=O)NCc1ccc(C#N)cc1)c1cc(OCCN2CCN(CCOc3ccc(Oc4c(-c5ccc(Br)cc5)sc5cc(O)ccc45)cc3)CC2)no1. The number of rotatable bonds is 17. The molecule has 2 aliphatic rings. The summed E-state index contributed by atoms with van der Waals surface area (Å²) in [5.41, 5.74) is 2.38. The zero-order chi connectivity index (χ0) is 45.5. The number of hydrogen-bond acceptors (Lipinski definition) is 13. The number of aromatic hydroxyl groups is 1. The summed E-state index contributed by atoms with van der Waals surface area (Å²) in [6.07, 6.45) is -0.699. The fourth-order valence-electron chi connectivity index (χ4n) is 8.20. The zero-order valence-electron chi connectivity index (χ0n) is 36.2. The van der Waals surface area contributed by atoms with Crippen molar-refractivity contribution >= 4 is 49.2 Å². The molecule has 1 unspecified atom stereocenters. The van der Waals surface area contributed by atoms with Crippen LogP contribution in [0.2, 0.25) is 0 Å². The first-order valence-electron chi connectivity index (χ1n) is 21.7. The van der Waals surface area contributed by atoms with Crippen LogP contribution in [0.3, 0.4) is 0 Å². The Balaban J connectivity index is 0.762. The molecule has 4 heterocycles. The van der Waals surface area contributed by atoms with Crippen molar-refractivity contribution in [3.8, 4) is 45.4 Å². The van der Waals surface area contributed by atoms with Crippen LogP contribution in [0.25, 0.3) is 20.5 Å². The van der Waals surface area contributed by atoms with E-state index in [1.807, 2.05) is 68.4 Å². The quantitative estimate of drug-likeness (QED) is 0.0812. The van der Waals surface area contributed by atoms with E-state index in [-0.39, 0.29) is 43.0 Å². The van der Waals surface area contributed by atoms with Crippen molar-refractivity contribution in [2.75, 3.05) is 59.0 Å². The minimum absolute atomic E-state index is 0.0392. The molecule has 0 aliphatic carbocycles. The number of carbonyl (C=O) groups excluding carboxylic acids is 2. The topological polar surface area (TPSA) is 174 Å². The van der Waals surface area contributed by atoms with Crippen LogP contribution >= 0.6 is 27.3 Å². The molecule has 14 nitrogen and oxygen atoms in total. The van der Waals surface area contributed by atoms with Crippen LogP contribution < -0.4 is 19.5 Å². The van der Waals surface area contributed by atoms with E-state index in [0.29, 0.717) is 42.7 Å². The lowest BCUT2D eigenvalue weighted by Crippen LogP contribution is -2.48. The van der Waals surface area contributed by atoms with Gasteiger partial charge >= 0.3 is 0 Å². The lowest BCUT2D eigenvalue weighted by Gasteiger charge is -2.34. The van der Waals surface area contributed by atoms with Gasteiger partial charge in [-0.2, -0.15) is 5.26 Å². The number of ether oxygens (including phenoxy) is 3. The number of amides is 2. The van der Waals surface area contributed by atoms with Gasteiger partial charge in [-0.25, -0.2) is 0 Å². The van der Waals surface area contributed by atoms with E-state index in [4.69, 9.17) is 24.0 Å². The van der Waals surface area contributed by atoms with Gasteiger partial charge in [0.25, 0.3) is 5.88 Å². The molecule has 3 atom stereocenters. The van der Waals surface area contributed by atoms with Gasteiger partial charge in [0.2, 0.25) is 11.8 Å². The second-order valence-electron chi connectivity index (χ2n) is 16.6. The minimum Gasteiger partial charge on any atom is -0.508 e. The normalized spacial score (nSPS) is 17.3. The molecule has 2 fully saturated rings. The molecule has 8 rings (SSSR count). The lowest BCUT2D eigenvalue weighted by atomic mass is 9.91. The summed E-state index contributed by atoms with van der Waals surface area (Å²) < 4.78 is 26.2. The van der Waals surface area contributed by atoms with Gasteiger partial charge in [-0.3, -0.25) is 19.4 Å². The number of likely N-dealkylation sites (tertiary alicyclic amines) is 1. The monoisotopic (exact) mass is 962 g/mol. The van der Waals surface area contributed by atoms with Gasteiger partial charge in [-0.1, -0.05) is 54.0 Å². The Morgan fingerprint density at radius 2 is 1.60 bits per heavy atom. The van der Waals surface area contributed by atoms with Crippen LogP contribution in [0.5, 0.6) is 28.9 Å². The summed E-state index contributed by atoms with van der Waals surface area (Å²) in [6, 6.07) is 30.9. The number of halogens is 1. The number of aliphatic hydroxyl groups is 1. The Bertz CT molecular complexity index is 2600. The van der Waals surface area contributed by atoms with Crippen molar-refractivity contribution in [3.63, 3.8) is 0 Å². The second-order valence-corrected chi connectivity index (χ2v) is 18.6. The highest BCUT2D eigenvalue weighted by Gasteiger charge is 2.43. The molecular formula is C49H51BrN6O8S. The first-order valence-corrected chi connectivity index (χ1v) is 23.3. The Morgan fingerprint density at radius 1 is 0.923 bits per heavy atom. The number of piperazine rings is 1. The number of nitrogens with zero attached hydrogens (tertiary/aromatic N) is 5. The third-order valence-electron chi connectivity index (χ3n) is 11.7. The van der Waals surface area contributed by atoms with Crippen molar-refractivity contribution in [1.82, 2.24) is 25.2 Å². The largest absolute Gasteiger partial charge is 0.508 e. The van der Waals surface area contributed by atoms with Crippen LogP contribution in [0, 0.1) is 17.2 Å². The van der Waals surface area contributed by atoms with E-state index >= 15 is 0 Å². The highest BCUT2D eigenvalue weighted by Crippen LogP contribution is 2.47. The average molecular weight is 964 g/mol. The molecule has 2 amide bonds. The van der Waals surface area contributed by atoms with E-state index in [1.165, 1.54) is 4.90 Å². The predicted molar refractivity (Wildman–Crippen MR) is 250 cm³/mol. The van der Waals surface area contributed by atoms with E-state index in [0.717, 1.165) is 74.8 Å². The van der Waals surface area contributed by atoms with E-state index in [1.54, 1.807) is 53.8 Å². The molecule has 3 N–H and O–H groups in total. The van der Waals surface area contributed by atoms with E-state index in [9.17, 15) is 19.8 Å². The maximum absolute atomic E-state index is 14.0. The van der Waals surface area contributed by atoms with E-state index in [2.05, 4.69) is 42.3 Å². The van der Waals surface area contributed by atoms with Crippen molar-refractivity contribution in [3.05, 3.63) is 118 Å². The Labute approximate surface area is 390 Å². The molecule has 16 heteroatoms. The number of carbonyl (C=O) groups is 2. The number of aromatic nitrogens is 1. The molecule has 2 aliphatic heterocycles. The first kappa shape index (κ1) is 45.6. The molecule has 0 saturated carbocycles. The molecule has 2 saturated heterocycles. The number of β-amino-alcohol motifs (C(OH)–C–C–N with tert-alkyl or cyclic N) is 1. The van der Waals surface area contributed by atoms with Crippen LogP contribution in [-0.2, 0) is 16.1 Å². The number of nitriles is 1. The summed E-state index contributed by atoms with van der Waals surface area (Å²) >= 11 is 5.10. The smallest absolute Gasteiger partial charge is 0.254 e. The standard InChI is InChI=1S/C49H51BrN6O8S/c1-31(2)45(49(60)56-30-37(58)25-41(56)48(59)52-29-33-5-3-32(28-51)4-6-33)42-27-44(53-64-42)62-24-22-55-19-17-54(18-20-55)21-23-61-38-12-14-39(15-13-38)63-46-40-16-11-36(57)26-43(40)65-47(46)34-7-9-35(50)10-8-34/h3-16,26-27,31,37,41,45,57-58H,17-25,29-30H2,1-2H3,(H,52,59)/t37-,41+,45?/m1/s1. The van der Waals surface area contributed by atoms with Gasteiger partial charge in [0.1, 0.15) is 42.4 Å². The first-order chi connectivity index (χ1) is 31.5. The molecule has 0 radical (unpaired) electrons. The number of nitrogens with one attached hydrogen (secondary N) is 1. The number of phenols is 1. The number of thiophene rings is 1. The number of fused-ring (bicyclic) bond motifs is 1. The Hall–Kier alpha value is -5.96. The molecule has 6 aromatic rings. The Morgan fingerprint density at radius 3 is 2.28 bits per heavy atom. The van der Waals surface area contributed by atoms with Gasteiger partial charge in [0.15, 0.2) is 11.5 Å². The number of aliphatic hydroxyl groups excluding tert-OH is 1. The van der Waals surface area contributed by atoms with Gasteiger partial charge in [0, 0.05) is 79.4 Å². The van der Waals surface area contributed by atoms with Crippen LogP contribution in [0.15, 0.2) is 106 Å². The van der Waals surface area contributed by atoms with Crippen molar-refractivity contribution in [2.24, 2.45) is 5.92 Å². The maximum Gasteiger partial charge on any atom is 0.254 e. The fourth-order valence-corrected chi connectivity index (χ4v) is 9.63. The molecule has 4 aromatic carbocycles. The molecular weight excluding hydrogens is 913 g/mol.